The summed E-state index contributed by atoms with van der Waals surface area (Å²) in [6.07, 6.45) is 3.77. The summed E-state index contributed by atoms with van der Waals surface area (Å²) in [4.78, 5) is 0. The van der Waals surface area contributed by atoms with Gasteiger partial charge in [0.15, 0.2) is 0 Å². The van der Waals surface area contributed by atoms with E-state index in [2.05, 4.69) is 79.7 Å². The van der Waals surface area contributed by atoms with E-state index in [4.69, 9.17) is 18.9 Å². The Labute approximate surface area is 212 Å². The van der Waals surface area contributed by atoms with Gasteiger partial charge in [0.1, 0.15) is 35.9 Å². The van der Waals surface area contributed by atoms with Gasteiger partial charge in [-0.05, 0) is 72.9 Å². The molecular weight excluding hydrogens is 436 g/mol. The Bertz CT molecular complexity index is 926. The molecule has 0 spiro atoms. The van der Waals surface area contributed by atoms with Crippen molar-refractivity contribution in [2.24, 2.45) is 0 Å². The van der Waals surface area contributed by atoms with E-state index in [-0.39, 0.29) is 16.6 Å². The van der Waals surface area contributed by atoms with Crippen LogP contribution in [0.4, 0.5) is 0 Å². The molecule has 192 valence electrons. The lowest BCUT2D eigenvalue weighted by Gasteiger charge is -2.30. The lowest BCUT2D eigenvalue weighted by Crippen LogP contribution is -2.23. The maximum atomic E-state index is 6.35. The zero-order valence-electron chi connectivity index (χ0n) is 23.1. The van der Waals surface area contributed by atoms with Gasteiger partial charge in [-0.15, -0.1) is 0 Å². The average molecular weight is 481 g/mol. The van der Waals surface area contributed by atoms with Gasteiger partial charge in [-0.25, -0.2) is 0 Å². The molecule has 0 saturated carbocycles. The van der Waals surface area contributed by atoms with Gasteiger partial charge in [-0.1, -0.05) is 65.8 Å². The van der Waals surface area contributed by atoms with E-state index in [1.54, 1.807) is 0 Å². The van der Waals surface area contributed by atoms with Crippen LogP contribution in [-0.2, 0) is 40.6 Å². The van der Waals surface area contributed by atoms with Crippen LogP contribution in [0.5, 0.6) is 11.5 Å². The minimum atomic E-state index is -0.143. The van der Waals surface area contributed by atoms with E-state index in [0.29, 0.717) is 13.2 Å². The third kappa shape index (κ3) is 5.54. The second-order valence-electron chi connectivity index (χ2n) is 11.3. The molecule has 4 heteroatoms. The van der Waals surface area contributed by atoms with Crippen LogP contribution in [0, 0.1) is 0 Å². The fourth-order valence-corrected chi connectivity index (χ4v) is 4.68. The maximum Gasteiger partial charge on any atom is 0.125 e. The largest absolute Gasteiger partial charge is 0.490 e. The molecule has 2 aliphatic heterocycles. The number of ether oxygens (including phenoxy) is 4. The average Bonchev–Trinajstić information content (AvgIpc) is 3.78. The Hall–Kier alpha value is -2.04. The number of aryl methyl sites for hydroxylation is 4. The van der Waals surface area contributed by atoms with Crippen LogP contribution in [0.25, 0.3) is 0 Å². The van der Waals surface area contributed by atoms with Crippen molar-refractivity contribution in [1.29, 1.82) is 0 Å². The summed E-state index contributed by atoms with van der Waals surface area (Å²) in [7, 11) is 0. The van der Waals surface area contributed by atoms with E-state index in [0.717, 1.165) is 50.4 Å². The molecular formula is C31H44O4. The van der Waals surface area contributed by atoms with Crippen LogP contribution >= 0.6 is 0 Å². The topological polar surface area (TPSA) is 43.5 Å². The highest BCUT2D eigenvalue weighted by Crippen LogP contribution is 2.41. The maximum absolute atomic E-state index is 6.35. The Balaban J connectivity index is 1.69. The molecule has 2 heterocycles. The predicted molar refractivity (Wildman–Crippen MR) is 142 cm³/mol. The van der Waals surface area contributed by atoms with Crippen molar-refractivity contribution < 1.29 is 18.9 Å². The second kappa shape index (κ2) is 9.78. The number of benzene rings is 2. The number of hydrogen-bond donors (Lipinski definition) is 0. The molecule has 2 aromatic rings. The zero-order chi connectivity index (χ0) is 25.4. The summed E-state index contributed by atoms with van der Waals surface area (Å²) in [5, 5.41) is 0. The van der Waals surface area contributed by atoms with Crippen molar-refractivity contribution >= 4 is 0 Å². The Kier molecular flexibility index (Phi) is 7.28. The molecule has 2 fully saturated rings. The standard InChI is InChI=1S/C31H44O4/c1-9-21-13-25(14-22(10-2)27(21)32-17-30(7)19-34-30)29(5,6)26-15-23(11-3)28(24(12-4)16-26)33-18-31(8)20-35-31/h13-16H,9-12,17-20H2,1-8H3. The van der Waals surface area contributed by atoms with Gasteiger partial charge >= 0.3 is 0 Å². The van der Waals surface area contributed by atoms with Crippen LogP contribution in [0.3, 0.4) is 0 Å². The zero-order valence-corrected chi connectivity index (χ0v) is 23.1. The minimum Gasteiger partial charge on any atom is -0.490 e. The summed E-state index contributed by atoms with van der Waals surface area (Å²) in [5.74, 6) is 2.10. The molecule has 0 amide bonds. The third-order valence-corrected chi connectivity index (χ3v) is 7.77. The molecule has 4 rings (SSSR count). The van der Waals surface area contributed by atoms with E-state index in [9.17, 15) is 0 Å². The van der Waals surface area contributed by atoms with Gasteiger partial charge in [0, 0.05) is 5.41 Å². The van der Waals surface area contributed by atoms with Gasteiger partial charge in [0.2, 0.25) is 0 Å². The SMILES string of the molecule is CCc1cc(C(C)(C)c2cc(CC)c(OCC3(C)CO3)c(CC)c2)cc(CC)c1OCC1(C)CO1. The summed E-state index contributed by atoms with van der Waals surface area (Å²) in [6.45, 7) is 20.6. The molecule has 2 atom stereocenters. The molecule has 0 aromatic heterocycles. The quantitative estimate of drug-likeness (QED) is 0.321. The van der Waals surface area contributed by atoms with Gasteiger partial charge in [0.25, 0.3) is 0 Å². The second-order valence-corrected chi connectivity index (χ2v) is 11.3. The van der Waals surface area contributed by atoms with E-state index in [1.807, 2.05) is 0 Å². The van der Waals surface area contributed by atoms with Crippen LogP contribution in [0.15, 0.2) is 24.3 Å². The smallest absolute Gasteiger partial charge is 0.125 e. The van der Waals surface area contributed by atoms with Crippen LogP contribution in [0.1, 0.15) is 88.8 Å². The number of hydrogen-bond acceptors (Lipinski definition) is 4. The summed E-state index contributed by atoms with van der Waals surface area (Å²) < 4.78 is 23.8. The summed E-state index contributed by atoms with van der Waals surface area (Å²) >= 11 is 0. The van der Waals surface area contributed by atoms with Crippen molar-refractivity contribution in [2.75, 3.05) is 26.4 Å². The molecule has 0 aliphatic carbocycles. The first-order chi connectivity index (χ1) is 16.6. The van der Waals surface area contributed by atoms with Crippen molar-refractivity contribution in [3.8, 4) is 11.5 Å². The first-order valence-corrected chi connectivity index (χ1v) is 13.4. The molecule has 2 aromatic carbocycles. The monoisotopic (exact) mass is 480 g/mol. The molecule has 4 nitrogen and oxygen atoms in total. The Morgan fingerprint density at radius 1 is 0.657 bits per heavy atom. The lowest BCUT2D eigenvalue weighted by atomic mass is 9.75. The highest BCUT2D eigenvalue weighted by molar-refractivity contribution is 5.53. The fraction of sp³-hybridized carbons (Fsp3) is 0.613. The van der Waals surface area contributed by atoms with Crippen molar-refractivity contribution in [2.45, 2.75) is 97.7 Å². The molecule has 0 bridgehead atoms. The molecule has 2 saturated heterocycles. The van der Waals surface area contributed by atoms with Crippen LogP contribution < -0.4 is 9.47 Å². The fourth-order valence-electron chi connectivity index (χ4n) is 4.68. The van der Waals surface area contributed by atoms with E-state index >= 15 is 0 Å². The highest BCUT2D eigenvalue weighted by atomic mass is 16.6. The van der Waals surface area contributed by atoms with Gasteiger partial charge in [-0.3, -0.25) is 0 Å². The van der Waals surface area contributed by atoms with Crippen molar-refractivity contribution in [3.63, 3.8) is 0 Å². The Morgan fingerprint density at radius 2 is 0.943 bits per heavy atom. The molecule has 2 aliphatic rings. The summed E-state index contributed by atoms with van der Waals surface area (Å²) in [5.41, 5.74) is 7.41. The van der Waals surface area contributed by atoms with Crippen LogP contribution in [-0.4, -0.2) is 37.6 Å². The number of rotatable bonds is 12. The number of epoxide rings is 2. The van der Waals surface area contributed by atoms with Crippen molar-refractivity contribution in [3.05, 3.63) is 57.6 Å². The van der Waals surface area contributed by atoms with Gasteiger partial charge in [0.05, 0.1) is 13.2 Å². The predicted octanol–water partition coefficient (Wildman–Crippen LogP) is 6.60. The molecule has 35 heavy (non-hydrogen) atoms. The molecule has 0 N–H and O–H groups in total. The minimum absolute atomic E-state index is 0.117. The lowest BCUT2D eigenvalue weighted by molar-refractivity contribution is 0.200. The van der Waals surface area contributed by atoms with E-state index < -0.39 is 0 Å². The molecule has 0 radical (unpaired) electrons. The Morgan fingerprint density at radius 3 is 1.17 bits per heavy atom. The van der Waals surface area contributed by atoms with Gasteiger partial charge in [-0.2, -0.15) is 0 Å². The molecule has 2 unspecified atom stereocenters. The summed E-state index contributed by atoms with van der Waals surface area (Å²) in [6, 6.07) is 9.43. The first-order valence-electron chi connectivity index (χ1n) is 13.4. The van der Waals surface area contributed by atoms with Gasteiger partial charge < -0.3 is 18.9 Å². The van der Waals surface area contributed by atoms with Crippen LogP contribution in [0.2, 0.25) is 0 Å². The van der Waals surface area contributed by atoms with E-state index in [1.165, 1.54) is 33.4 Å². The first kappa shape index (κ1) is 26.0. The normalized spacial score (nSPS) is 23.3. The van der Waals surface area contributed by atoms with Crippen molar-refractivity contribution in [1.82, 2.24) is 0 Å². The third-order valence-electron chi connectivity index (χ3n) is 7.77. The highest BCUT2D eigenvalue weighted by Gasteiger charge is 2.41.